The molecule has 0 bridgehead atoms. The molecule has 1 saturated heterocycles. The topological polar surface area (TPSA) is 171 Å². The fourth-order valence-electron chi connectivity index (χ4n) is 5.23. The monoisotopic (exact) mass is 690 g/mol. The van der Waals surface area contributed by atoms with E-state index >= 15 is 0 Å². The highest BCUT2D eigenvalue weighted by Gasteiger charge is 2.41. The standard InChI is InChI=1S/C35H54N4O10/c1-26-31(49-25-37-26)28-10-8-27(9-11-28)23-36-33(42)29-7-5-12-39(29)34(43)32(35(2,3)4)38-30(41)24-48-22-21-47-20-18-45-15-6-14-44-17-19-46-16-13-40/h8-11,25,29,32,40H,5-7,12-24H2,1-4H3,(H,36,42)(H,38,41)/t29-,32?/m0/s1. The number of aliphatic hydroxyl groups is 1. The molecule has 3 N–H and O–H groups in total. The van der Waals surface area contributed by atoms with Crippen molar-refractivity contribution in [2.75, 3.05) is 79.2 Å². The lowest BCUT2D eigenvalue weighted by atomic mass is 9.85. The van der Waals surface area contributed by atoms with E-state index in [0.29, 0.717) is 84.5 Å². The molecule has 0 spiro atoms. The van der Waals surface area contributed by atoms with Gasteiger partial charge in [-0.05, 0) is 37.2 Å². The van der Waals surface area contributed by atoms with Gasteiger partial charge in [0, 0.05) is 31.9 Å². The van der Waals surface area contributed by atoms with Crippen molar-refractivity contribution in [1.82, 2.24) is 20.5 Å². The Hall–Kier alpha value is -3.40. The van der Waals surface area contributed by atoms with Crippen molar-refractivity contribution in [3.8, 4) is 11.3 Å². The predicted octanol–water partition coefficient (Wildman–Crippen LogP) is 2.25. The molecule has 1 aromatic carbocycles. The van der Waals surface area contributed by atoms with Gasteiger partial charge in [0.25, 0.3) is 0 Å². The van der Waals surface area contributed by atoms with Gasteiger partial charge >= 0.3 is 0 Å². The normalized spacial score (nSPS) is 15.4. The average molecular weight is 691 g/mol. The Labute approximate surface area is 289 Å². The van der Waals surface area contributed by atoms with E-state index in [1.165, 1.54) is 6.39 Å². The van der Waals surface area contributed by atoms with Crippen LogP contribution in [-0.2, 0) is 44.6 Å². The molecule has 2 heterocycles. The fourth-order valence-corrected chi connectivity index (χ4v) is 5.23. The van der Waals surface area contributed by atoms with Gasteiger partial charge in [-0.2, -0.15) is 0 Å². The number of aliphatic hydroxyl groups excluding tert-OH is 1. The Bertz CT molecular complexity index is 1260. The molecule has 2 atom stereocenters. The number of hydrogen-bond donors (Lipinski definition) is 3. The van der Waals surface area contributed by atoms with Crippen molar-refractivity contribution >= 4 is 17.7 Å². The van der Waals surface area contributed by atoms with E-state index in [2.05, 4.69) is 15.6 Å². The molecule has 274 valence electrons. The van der Waals surface area contributed by atoms with Gasteiger partial charge in [-0.3, -0.25) is 14.4 Å². The van der Waals surface area contributed by atoms with Crippen LogP contribution in [-0.4, -0.2) is 124 Å². The second kappa shape index (κ2) is 21.6. The second-order valence-corrected chi connectivity index (χ2v) is 12.8. The molecule has 1 fully saturated rings. The number of hydrogen-bond acceptors (Lipinski definition) is 11. The zero-order valence-corrected chi connectivity index (χ0v) is 29.4. The summed E-state index contributed by atoms with van der Waals surface area (Å²) in [6.07, 6.45) is 3.42. The zero-order chi connectivity index (χ0) is 35.5. The highest BCUT2D eigenvalue weighted by Crippen LogP contribution is 2.26. The first kappa shape index (κ1) is 40.0. The molecule has 49 heavy (non-hydrogen) atoms. The molecule has 14 nitrogen and oxygen atoms in total. The molecule has 1 aliphatic heterocycles. The number of amides is 3. The molecule has 3 amide bonds. The summed E-state index contributed by atoms with van der Waals surface area (Å²) in [6.45, 7) is 11.8. The highest BCUT2D eigenvalue weighted by atomic mass is 16.5. The predicted molar refractivity (Wildman–Crippen MR) is 180 cm³/mol. The van der Waals surface area contributed by atoms with Gasteiger partial charge in [-0.25, -0.2) is 4.98 Å². The van der Waals surface area contributed by atoms with Crippen molar-refractivity contribution in [2.45, 2.75) is 65.6 Å². The number of aromatic nitrogens is 1. The SMILES string of the molecule is Cc1ncoc1-c1ccc(CNC(=O)[C@@H]2CCCN2C(=O)C(NC(=O)COCCOCCOCCCOCCOCCO)C(C)(C)C)cc1. The minimum atomic E-state index is -0.831. The van der Waals surface area contributed by atoms with Crippen LogP contribution in [0.5, 0.6) is 0 Å². The molecular weight excluding hydrogens is 636 g/mol. The number of oxazole rings is 1. The number of carbonyl (C=O) groups is 3. The van der Waals surface area contributed by atoms with Crippen molar-refractivity contribution in [2.24, 2.45) is 5.41 Å². The summed E-state index contributed by atoms with van der Waals surface area (Å²) in [7, 11) is 0. The van der Waals surface area contributed by atoms with E-state index < -0.39 is 23.4 Å². The van der Waals surface area contributed by atoms with Crippen LogP contribution >= 0.6 is 0 Å². The number of benzene rings is 1. The lowest BCUT2D eigenvalue weighted by Crippen LogP contribution is -2.58. The van der Waals surface area contributed by atoms with E-state index in [1.54, 1.807) is 4.90 Å². The third-order valence-corrected chi connectivity index (χ3v) is 7.85. The van der Waals surface area contributed by atoms with Crippen LogP contribution in [0.3, 0.4) is 0 Å². The summed E-state index contributed by atoms with van der Waals surface area (Å²) in [4.78, 5) is 45.5. The van der Waals surface area contributed by atoms with Crippen LogP contribution in [0.25, 0.3) is 11.3 Å². The second-order valence-electron chi connectivity index (χ2n) is 12.8. The van der Waals surface area contributed by atoms with Gasteiger partial charge in [0.1, 0.15) is 18.7 Å². The molecule has 1 aliphatic rings. The molecule has 14 heteroatoms. The minimum Gasteiger partial charge on any atom is -0.443 e. The number of carbonyl (C=O) groups excluding carboxylic acids is 3. The smallest absolute Gasteiger partial charge is 0.246 e. The van der Waals surface area contributed by atoms with Crippen LogP contribution in [0, 0.1) is 12.3 Å². The first-order valence-corrected chi connectivity index (χ1v) is 17.0. The molecule has 0 aliphatic carbocycles. The Kier molecular flexibility index (Phi) is 17.7. The Morgan fingerprint density at radius 2 is 1.55 bits per heavy atom. The maximum absolute atomic E-state index is 13.7. The van der Waals surface area contributed by atoms with Crippen molar-refractivity contribution < 1.29 is 47.6 Å². The molecule has 0 saturated carbocycles. The quantitative estimate of drug-likeness (QED) is 0.146. The van der Waals surface area contributed by atoms with Gasteiger partial charge in [0.05, 0.1) is 58.5 Å². The van der Waals surface area contributed by atoms with Gasteiger partial charge in [-0.1, -0.05) is 45.0 Å². The van der Waals surface area contributed by atoms with Gasteiger partial charge in [-0.15, -0.1) is 0 Å². The van der Waals surface area contributed by atoms with Gasteiger partial charge < -0.3 is 48.7 Å². The molecule has 3 rings (SSSR count). The maximum atomic E-state index is 13.7. The minimum absolute atomic E-state index is 0.00633. The van der Waals surface area contributed by atoms with Crippen molar-refractivity contribution in [1.29, 1.82) is 0 Å². The van der Waals surface area contributed by atoms with E-state index in [9.17, 15) is 14.4 Å². The summed E-state index contributed by atoms with van der Waals surface area (Å²) < 4.78 is 32.4. The first-order valence-electron chi connectivity index (χ1n) is 17.0. The summed E-state index contributed by atoms with van der Waals surface area (Å²) in [5.41, 5.74) is 2.03. The van der Waals surface area contributed by atoms with E-state index in [4.69, 9.17) is 33.2 Å². The third kappa shape index (κ3) is 14.2. The van der Waals surface area contributed by atoms with Crippen LogP contribution in [0.15, 0.2) is 35.1 Å². The maximum Gasteiger partial charge on any atom is 0.246 e. The number of aryl methyl sites for hydroxylation is 1. The summed E-state index contributed by atoms with van der Waals surface area (Å²) in [5.74, 6) is -0.211. The Morgan fingerprint density at radius 1 is 0.939 bits per heavy atom. The van der Waals surface area contributed by atoms with Crippen LogP contribution in [0.2, 0.25) is 0 Å². The zero-order valence-electron chi connectivity index (χ0n) is 29.4. The molecule has 1 unspecified atom stereocenters. The number of nitrogens with one attached hydrogen (secondary N) is 2. The fraction of sp³-hybridized carbons (Fsp3) is 0.657. The Balaban J connectivity index is 1.33. The van der Waals surface area contributed by atoms with Gasteiger partial charge in [0.15, 0.2) is 12.2 Å². The summed E-state index contributed by atoms with van der Waals surface area (Å²) in [6, 6.07) is 6.24. The molecule has 1 aromatic heterocycles. The van der Waals surface area contributed by atoms with Crippen LogP contribution in [0.4, 0.5) is 0 Å². The Morgan fingerprint density at radius 3 is 2.14 bits per heavy atom. The number of ether oxygens (including phenoxy) is 5. The van der Waals surface area contributed by atoms with E-state index in [0.717, 1.165) is 23.2 Å². The molecular formula is C35H54N4O10. The number of nitrogens with zero attached hydrogens (tertiary/aromatic N) is 2. The van der Waals surface area contributed by atoms with Crippen LogP contribution in [0.1, 0.15) is 51.3 Å². The summed E-state index contributed by atoms with van der Waals surface area (Å²) >= 11 is 0. The van der Waals surface area contributed by atoms with Gasteiger partial charge in [0.2, 0.25) is 17.7 Å². The van der Waals surface area contributed by atoms with Crippen LogP contribution < -0.4 is 10.6 Å². The lowest BCUT2D eigenvalue weighted by molar-refractivity contribution is -0.144. The lowest BCUT2D eigenvalue weighted by Gasteiger charge is -2.35. The van der Waals surface area contributed by atoms with Crippen molar-refractivity contribution in [3.63, 3.8) is 0 Å². The third-order valence-electron chi connectivity index (χ3n) is 7.85. The molecule has 0 radical (unpaired) electrons. The van der Waals surface area contributed by atoms with Crippen molar-refractivity contribution in [3.05, 3.63) is 41.9 Å². The highest BCUT2D eigenvalue weighted by molar-refractivity contribution is 5.93. The molecule has 2 aromatic rings. The number of likely N-dealkylation sites (tertiary alicyclic amines) is 1. The van der Waals surface area contributed by atoms with E-state index in [1.807, 2.05) is 52.0 Å². The summed E-state index contributed by atoms with van der Waals surface area (Å²) in [5, 5.41) is 14.4. The number of rotatable bonds is 23. The van der Waals surface area contributed by atoms with E-state index in [-0.39, 0.29) is 31.6 Å². The first-order chi connectivity index (χ1) is 23.6. The largest absolute Gasteiger partial charge is 0.443 e. The average Bonchev–Trinajstić information content (AvgIpc) is 3.75.